The van der Waals surface area contributed by atoms with E-state index in [2.05, 4.69) is 20.8 Å². The average molecular weight is 378 g/mol. The second-order valence-electron chi connectivity index (χ2n) is 6.30. The molecule has 3 rings (SSSR count). The molecule has 0 atom stereocenters. The summed E-state index contributed by atoms with van der Waals surface area (Å²) in [6.45, 7) is 2.21. The minimum Gasteiger partial charge on any atom is -0.384 e. The van der Waals surface area contributed by atoms with Gasteiger partial charge in [-0.2, -0.15) is 5.10 Å². The Hall–Kier alpha value is -3.45. The van der Waals surface area contributed by atoms with Gasteiger partial charge in [0.1, 0.15) is 0 Å². The van der Waals surface area contributed by atoms with Crippen molar-refractivity contribution >= 4 is 23.2 Å². The molecule has 28 heavy (non-hydrogen) atoms. The minimum atomic E-state index is -0.286. The second kappa shape index (κ2) is 8.96. The van der Waals surface area contributed by atoms with E-state index in [0.717, 1.165) is 16.8 Å². The highest BCUT2D eigenvalue weighted by molar-refractivity contribution is 6.07. The number of nitrogens with one attached hydrogen (secondary N) is 3. The molecule has 2 aromatic carbocycles. The summed E-state index contributed by atoms with van der Waals surface area (Å²) in [6, 6.07) is 14.8. The number of nitrogens with zero attached hydrogens (tertiary/aromatic N) is 1. The molecular formula is C21H22N4O3. The Labute approximate surface area is 163 Å². The van der Waals surface area contributed by atoms with Gasteiger partial charge in [-0.1, -0.05) is 36.4 Å². The van der Waals surface area contributed by atoms with Crippen LogP contribution in [0.5, 0.6) is 0 Å². The standard InChI is InChI=1S/C21H22N4O3/c1-14-8-9-16(12-17(14)23-19(26)10-11-28-2)21(27)24-18-13-22-25-20(18)15-6-4-3-5-7-15/h3-9,12-13H,10-11H2,1-2H3,(H,22,25)(H,23,26)(H,24,27). The van der Waals surface area contributed by atoms with Gasteiger partial charge in [-0.05, 0) is 24.6 Å². The summed E-state index contributed by atoms with van der Waals surface area (Å²) in [6.07, 6.45) is 1.82. The van der Waals surface area contributed by atoms with E-state index in [1.54, 1.807) is 31.5 Å². The number of hydrogen-bond acceptors (Lipinski definition) is 4. The van der Waals surface area contributed by atoms with Crippen LogP contribution in [-0.2, 0) is 9.53 Å². The fourth-order valence-corrected chi connectivity index (χ4v) is 2.71. The number of benzene rings is 2. The molecule has 3 N–H and O–H groups in total. The summed E-state index contributed by atoms with van der Waals surface area (Å²) in [4.78, 5) is 24.7. The smallest absolute Gasteiger partial charge is 0.255 e. The quantitative estimate of drug-likeness (QED) is 0.585. The first-order valence-electron chi connectivity index (χ1n) is 8.88. The zero-order valence-corrected chi connectivity index (χ0v) is 15.8. The van der Waals surface area contributed by atoms with Gasteiger partial charge in [-0.3, -0.25) is 14.7 Å². The Kier molecular flexibility index (Phi) is 6.18. The maximum Gasteiger partial charge on any atom is 0.255 e. The zero-order chi connectivity index (χ0) is 19.9. The van der Waals surface area contributed by atoms with Crippen molar-refractivity contribution in [1.82, 2.24) is 10.2 Å². The lowest BCUT2D eigenvalue weighted by molar-refractivity contribution is -0.117. The van der Waals surface area contributed by atoms with E-state index in [0.29, 0.717) is 23.5 Å². The molecule has 7 heteroatoms. The van der Waals surface area contributed by atoms with Crippen LogP contribution in [-0.4, -0.2) is 35.7 Å². The van der Waals surface area contributed by atoms with Crippen molar-refractivity contribution < 1.29 is 14.3 Å². The highest BCUT2D eigenvalue weighted by atomic mass is 16.5. The van der Waals surface area contributed by atoms with Crippen molar-refractivity contribution in [1.29, 1.82) is 0 Å². The number of carbonyl (C=O) groups is 2. The molecule has 2 amide bonds. The van der Waals surface area contributed by atoms with E-state index in [9.17, 15) is 9.59 Å². The van der Waals surface area contributed by atoms with Crippen LogP contribution in [0.15, 0.2) is 54.7 Å². The predicted octanol–water partition coefficient (Wildman–Crippen LogP) is 3.61. The van der Waals surface area contributed by atoms with E-state index < -0.39 is 0 Å². The van der Waals surface area contributed by atoms with Gasteiger partial charge in [0.05, 0.1) is 30.6 Å². The number of amides is 2. The molecule has 0 bridgehead atoms. The number of methoxy groups -OCH3 is 1. The Morgan fingerprint density at radius 3 is 2.61 bits per heavy atom. The third-order valence-corrected chi connectivity index (χ3v) is 4.26. The lowest BCUT2D eigenvalue weighted by Gasteiger charge is -2.11. The number of aryl methyl sites for hydroxylation is 1. The molecule has 0 aliphatic rings. The Balaban J connectivity index is 1.76. The maximum atomic E-state index is 12.7. The molecule has 0 saturated carbocycles. The molecule has 1 aromatic heterocycles. The van der Waals surface area contributed by atoms with Gasteiger partial charge >= 0.3 is 0 Å². The van der Waals surface area contributed by atoms with Gasteiger partial charge in [0.2, 0.25) is 5.91 Å². The molecule has 7 nitrogen and oxygen atoms in total. The number of carbonyl (C=O) groups excluding carboxylic acids is 2. The van der Waals surface area contributed by atoms with Crippen molar-refractivity contribution in [3.8, 4) is 11.3 Å². The number of anilines is 2. The molecule has 144 valence electrons. The van der Waals surface area contributed by atoms with Crippen LogP contribution in [0.4, 0.5) is 11.4 Å². The summed E-state index contributed by atoms with van der Waals surface area (Å²) in [7, 11) is 1.54. The molecule has 0 fully saturated rings. The number of hydrogen-bond donors (Lipinski definition) is 3. The van der Waals surface area contributed by atoms with Crippen LogP contribution in [0.2, 0.25) is 0 Å². The van der Waals surface area contributed by atoms with Gasteiger partial charge in [0.25, 0.3) is 5.91 Å². The van der Waals surface area contributed by atoms with Crippen LogP contribution in [0, 0.1) is 6.92 Å². The third-order valence-electron chi connectivity index (χ3n) is 4.26. The van der Waals surface area contributed by atoms with Gasteiger partial charge in [-0.15, -0.1) is 0 Å². The first-order valence-corrected chi connectivity index (χ1v) is 8.88. The highest BCUT2D eigenvalue weighted by Gasteiger charge is 2.14. The van der Waals surface area contributed by atoms with Crippen LogP contribution in [0.1, 0.15) is 22.3 Å². The number of ether oxygens (including phenoxy) is 1. The van der Waals surface area contributed by atoms with Crippen molar-refractivity contribution in [3.05, 3.63) is 65.9 Å². The van der Waals surface area contributed by atoms with Gasteiger partial charge in [0, 0.05) is 23.9 Å². The van der Waals surface area contributed by atoms with Crippen molar-refractivity contribution in [2.75, 3.05) is 24.4 Å². The summed E-state index contributed by atoms with van der Waals surface area (Å²) in [5, 5.41) is 12.6. The zero-order valence-electron chi connectivity index (χ0n) is 15.8. The SMILES string of the molecule is COCCC(=O)Nc1cc(C(=O)Nc2cn[nH]c2-c2ccccc2)ccc1C. The second-order valence-corrected chi connectivity index (χ2v) is 6.30. The van der Waals surface area contributed by atoms with Crippen molar-refractivity contribution in [3.63, 3.8) is 0 Å². The molecule has 0 unspecified atom stereocenters. The summed E-state index contributed by atoms with van der Waals surface area (Å²) >= 11 is 0. The molecule has 0 aliphatic carbocycles. The van der Waals surface area contributed by atoms with Crippen LogP contribution in [0.25, 0.3) is 11.3 Å². The summed E-state index contributed by atoms with van der Waals surface area (Å²) in [5.41, 5.74) is 4.15. The third kappa shape index (κ3) is 4.63. The molecular weight excluding hydrogens is 356 g/mol. The Morgan fingerprint density at radius 1 is 1.07 bits per heavy atom. The molecule has 0 saturated heterocycles. The fraction of sp³-hybridized carbons (Fsp3) is 0.190. The van der Waals surface area contributed by atoms with Crippen molar-refractivity contribution in [2.24, 2.45) is 0 Å². The minimum absolute atomic E-state index is 0.163. The van der Waals surface area contributed by atoms with Crippen LogP contribution in [0.3, 0.4) is 0 Å². The first-order chi connectivity index (χ1) is 13.6. The molecule has 0 radical (unpaired) electrons. The van der Waals surface area contributed by atoms with Crippen molar-refractivity contribution in [2.45, 2.75) is 13.3 Å². The van der Waals surface area contributed by atoms with E-state index in [1.807, 2.05) is 37.3 Å². The Bertz CT molecular complexity index is 967. The number of H-pyrrole nitrogens is 1. The normalized spacial score (nSPS) is 10.5. The largest absolute Gasteiger partial charge is 0.384 e. The van der Waals surface area contributed by atoms with Crippen LogP contribution >= 0.6 is 0 Å². The number of aromatic amines is 1. The van der Waals surface area contributed by atoms with Gasteiger partial charge in [0.15, 0.2) is 0 Å². The lowest BCUT2D eigenvalue weighted by Crippen LogP contribution is -2.16. The number of rotatable bonds is 7. The number of aromatic nitrogens is 2. The molecule has 1 heterocycles. The topological polar surface area (TPSA) is 96.1 Å². The summed E-state index contributed by atoms with van der Waals surface area (Å²) in [5.74, 6) is -0.449. The van der Waals surface area contributed by atoms with E-state index >= 15 is 0 Å². The predicted molar refractivity (Wildman–Crippen MR) is 108 cm³/mol. The maximum absolute atomic E-state index is 12.7. The first kappa shape index (κ1) is 19.3. The van der Waals surface area contributed by atoms with Gasteiger partial charge in [-0.25, -0.2) is 0 Å². The molecule has 3 aromatic rings. The van der Waals surface area contributed by atoms with Crippen LogP contribution < -0.4 is 10.6 Å². The molecule has 0 spiro atoms. The molecule has 0 aliphatic heterocycles. The Morgan fingerprint density at radius 2 is 1.86 bits per heavy atom. The average Bonchev–Trinajstić information content (AvgIpc) is 3.16. The van der Waals surface area contributed by atoms with E-state index in [-0.39, 0.29) is 18.2 Å². The summed E-state index contributed by atoms with van der Waals surface area (Å²) < 4.78 is 4.91. The fourth-order valence-electron chi connectivity index (χ4n) is 2.71. The monoisotopic (exact) mass is 378 g/mol. The lowest BCUT2D eigenvalue weighted by atomic mass is 10.1. The highest BCUT2D eigenvalue weighted by Crippen LogP contribution is 2.26. The van der Waals surface area contributed by atoms with E-state index in [4.69, 9.17) is 4.74 Å². The van der Waals surface area contributed by atoms with Gasteiger partial charge < -0.3 is 15.4 Å². The van der Waals surface area contributed by atoms with E-state index in [1.165, 1.54) is 0 Å².